The van der Waals surface area contributed by atoms with Crippen LogP contribution in [0.3, 0.4) is 0 Å². The van der Waals surface area contributed by atoms with Crippen LogP contribution < -0.4 is 19.7 Å². The largest absolute Gasteiger partial charge is 0.493 e. The number of benzene rings is 1. The molecular formula is C24H30ClN5O6. The summed E-state index contributed by atoms with van der Waals surface area (Å²) in [5.74, 6) is 1.35. The summed E-state index contributed by atoms with van der Waals surface area (Å²) in [6.07, 6.45) is -1.02. The van der Waals surface area contributed by atoms with Crippen LogP contribution in [-0.4, -0.2) is 77.3 Å². The molecule has 1 aromatic carbocycles. The molecule has 0 saturated heterocycles. The van der Waals surface area contributed by atoms with Gasteiger partial charge in [-0.15, -0.1) is 0 Å². The van der Waals surface area contributed by atoms with E-state index < -0.39 is 18.6 Å². The highest BCUT2D eigenvalue weighted by atomic mass is 35.5. The van der Waals surface area contributed by atoms with Gasteiger partial charge in [0.05, 0.1) is 12.1 Å². The van der Waals surface area contributed by atoms with Gasteiger partial charge in [0.1, 0.15) is 25.1 Å². The zero-order chi connectivity index (χ0) is 26.4. The number of nitrogens with one attached hydrogen (secondary N) is 1. The molecule has 0 bridgehead atoms. The Hall–Kier alpha value is -3.41. The zero-order valence-corrected chi connectivity index (χ0v) is 21.5. The number of carbonyl (C=O) groups excluding carboxylic acids is 1. The van der Waals surface area contributed by atoms with Crippen molar-refractivity contribution in [2.24, 2.45) is 0 Å². The Morgan fingerprint density at radius 1 is 1.22 bits per heavy atom. The Morgan fingerprint density at radius 2 is 1.97 bits per heavy atom. The lowest BCUT2D eigenvalue weighted by Crippen LogP contribution is -2.36. The second kappa shape index (κ2) is 12.0. The standard InChI is InChI=1S/C24H30ClN5O6/c1-13(2)30(4)20-9-16(6-14(3)27-20)24-28-23(29-36-24)15-7-18(25)22(19(8-15)34-5)35-12-17(32)10-26-21(33)11-31/h6-9,13,17,31-32H,10-12H2,1-5H3,(H,26,33). The minimum Gasteiger partial charge on any atom is -0.493 e. The Kier molecular flexibility index (Phi) is 9.08. The van der Waals surface area contributed by atoms with Crippen molar-refractivity contribution in [3.05, 3.63) is 35.0 Å². The average molecular weight is 520 g/mol. The molecule has 0 spiro atoms. The zero-order valence-electron chi connectivity index (χ0n) is 20.8. The molecule has 0 aliphatic carbocycles. The number of hydrogen-bond acceptors (Lipinski definition) is 10. The normalized spacial score (nSPS) is 11.9. The van der Waals surface area contributed by atoms with E-state index in [2.05, 4.69) is 39.2 Å². The van der Waals surface area contributed by atoms with Crippen LogP contribution in [0, 0.1) is 6.92 Å². The summed E-state index contributed by atoms with van der Waals surface area (Å²) >= 11 is 6.44. The van der Waals surface area contributed by atoms with Gasteiger partial charge in [-0.1, -0.05) is 16.8 Å². The summed E-state index contributed by atoms with van der Waals surface area (Å²) < 4.78 is 16.6. The third-order valence-electron chi connectivity index (χ3n) is 5.33. The van der Waals surface area contributed by atoms with Crippen molar-refractivity contribution >= 4 is 23.3 Å². The lowest BCUT2D eigenvalue weighted by Gasteiger charge is -2.23. The maximum Gasteiger partial charge on any atom is 0.258 e. The number of aliphatic hydroxyl groups excluding tert-OH is 2. The van der Waals surface area contributed by atoms with Gasteiger partial charge in [-0.2, -0.15) is 4.98 Å². The molecule has 0 aliphatic rings. The van der Waals surface area contributed by atoms with E-state index in [0.717, 1.165) is 17.1 Å². The van der Waals surface area contributed by atoms with Gasteiger partial charge in [-0.25, -0.2) is 4.98 Å². The second-order valence-electron chi connectivity index (χ2n) is 8.40. The first kappa shape index (κ1) is 27.2. The molecule has 1 unspecified atom stereocenters. The predicted octanol–water partition coefficient (Wildman–Crippen LogP) is 2.46. The molecule has 3 N–H and O–H groups in total. The molecule has 2 heterocycles. The van der Waals surface area contributed by atoms with Crippen LogP contribution in [0.2, 0.25) is 5.02 Å². The van der Waals surface area contributed by atoms with Crippen molar-refractivity contribution in [1.29, 1.82) is 0 Å². The highest BCUT2D eigenvalue weighted by Crippen LogP contribution is 2.39. The molecular weight excluding hydrogens is 490 g/mol. The van der Waals surface area contributed by atoms with Crippen molar-refractivity contribution in [3.8, 4) is 34.3 Å². The molecule has 0 saturated carbocycles. The predicted molar refractivity (Wildman–Crippen MR) is 134 cm³/mol. The summed E-state index contributed by atoms with van der Waals surface area (Å²) in [4.78, 5) is 22.3. The first-order chi connectivity index (χ1) is 17.1. The number of halogens is 1. The first-order valence-electron chi connectivity index (χ1n) is 11.2. The molecule has 11 nitrogen and oxygen atoms in total. The van der Waals surface area contributed by atoms with E-state index in [4.69, 9.17) is 30.7 Å². The van der Waals surface area contributed by atoms with E-state index in [1.165, 1.54) is 7.11 Å². The Morgan fingerprint density at radius 3 is 2.64 bits per heavy atom. The van der Waals surface area contributed by atoms with Crippen LogP contribution in [0.25, 0.3) is 22.8 Å². The molecule has 0 aliphatic heterocycles. The summed E-state index contributed by atoms with van der Waals surface area (Å²) in [6, 6.07) is 7.27. The molecule has 3 rings (SSSR count). The topological polar surface area (TPSA) is 143 Å². The van der Waals surface area contributed by atoms with Gasteiger partial charge < -0.3 is 34.4 Å². The number of ether oxygens (including phenoxy) is 2. The Balaban J connectivity index is 1.81. The van der Waals surface area contributed by atoms with Crippen LogP contribution in [-0.2, 0) is 4.79 Å². The van der Waals surface area contributed by atoms with Crippen LogP contribution in [0.4, 0.5) is 5.82 Å². The lowest BCUT2D eigenvalue weighted by atomic mass is 10.1. The third-order valence-corrected chi connectivity index (χ3v) is 5.62. The van der Waals surface area contributed by atoms with Gasteiger partial charge >= 0.3 is 0 Å². The fourth-order valence-electron chi connectivity index (χ4n) is 3.19. The molecule has 0 radical (unpaired) electrons. The molecule has 2 aromatic heterocycles. The van der Waals surface area contributed by atoms with Crippen LogP contribution in [0.15, 0.2) is 28.8 Å². The highest BCUT2D eigenvalue weighted by Gasteiger charge is 2.19. The van der Waals surface area contributed by atoms with Crippen LogP contribution in [0.1, 0.15) is 19.5 Å². The number of rotatable bonds is 11. The number of aromatic nitrogens is 3. The summed E-state index contributed by atoms with van der Waals surface area (Å²) in [6.45, 7) is 5.14. The van der Waals surface area contributed by atoms with Gasteiger partial charge in [0, 0.05) is 36.5 Å². The summed E-state index contributed by atoms with van der Waals surface area (Å²) in [5.41, 5.74) is 2.10. The van der Waals surface area contributed by atoms with Crippen molar-refractivity contribution in [3.63, 3.8) is 0 Å². The van der Waals surface area contributed by atoms with E-state index in [0.29, 0.717) is 23.0 Å². The molecule has 3 aromatic rings. The van der Waals surface area contributed by atoms with Crippen LogP contribution >= 0.6 is 11.6 Å². The minimum atomic E-state index is -1.02. The van der Waals surface area contributed by atoms with Gasteiger partial charge in [0.25, 0.3) is 5.89 Å². The summed E-state index contributed by atoms with van der Waals surface area (Å²) in [5, 5.41) is 25.4. The quantitative estimate of drug-likeness (QED) is 0.345. The van der Waals surface area contributed by atoms with Gasteiger partial charge in [-0.05, 0) is 45.0 Å². The lowest BCUT2D eigenvalue weighted by molar-refractivity contribution is -0.124. The Bertz CT molecular complexity index is 1200. The molecule has 12 heteroatoms. The molecule has 36 heavy (non-hydrogen) atoms. The molecule has 1 amide bonds. The van der Waals surface area contributed by atoms with E-state index in [1.807, 2.05) is 26.1 Å². The number of nitrogens with zero attached hydrogens (tertiary/aromatic N) is 4. The van der Waals surface area contributed by atoms with E-state index >= 15 is 0 Å². The van der Waals surface area contributed by atoms with Crippen molar-refractivity contribution < 1.29 is 29.0 Å². The molecule has 0 fully saturated rings. The number of hydrogen-bond donors (Lipinski definition) is 3. The number of anilines is 1. The molecule has 1 atom stereocenters. The monoisotopic (exact) mass is 519 g/mol. The number of carbonyl (C=O) groups is 1. The third kappa shape index (κ3) is 6.62. The fourth-order valence-corrected chi connectivity index (χ4v) is 3.46. The first-order valence-corrected chi connectivity index (χ1v) is 11.6. The van der Waals surface area contributed by atoms with Crippen LogP contribution in [0.5, 0.6) is 11.5 Å². The van der Waals surface area contributed by atoms with Gasteiger partial charge in [0.2, 0.25) is 11.7 Å². The van der Waals surface area contributed by atoms with Gasteiger partial charge in [-0.3, -0.25) is 4.79 Å². The number of pyridine rings is 1. The Labute approximate surface area is 214 Å². The maximum absolute atomic E-state index is 11.1. The van der Waals surface area contributed by atoms with E-state index in [9.17, 15) is 9.90 Å². The number of amides is 1. The maximum atomic E-state index is 11.1. The minimum absolute atomic E-state index is 0.0911. The summed E-state index contributed by atoms with van der Waals surface area (Å²) in [7, 11) is 3.42. The van der Waals surface area contributed by atoms with E-state index in [1.54, 1.807) is 12.1 Å². The van der Waals surface area contributed by atoms with Crippen molar-refractivity contribution in [2.75, 3.05) is 38.8 Å². The fraction of sp³-hybridized carbons (Fsp3) is 0.417. The SMILES string of the molecule is COc1cc(-c2noc(-c3cc(C)nc(N(C)C(C)C)c3)n2)cc(Cl)c1OCC(O)CNC(=O)CO. The smallest absolute Gasteiger partial charge is 0.258 e. The molecule has 194 valence electrons. The number of aryl methyl sites for hydroxylation is 1. The van der Waals surface area contributed by atoms with E-state index in [-0.39, 0.29) is 30.0 Å². The van der Waals surface area contributed by atoms with Crippen molar-refractivity contribution in [2.45, 2.75) is 32.9 Å². The number of methoxy groups -OCH3 is 1. The average Bonchev–Trinajstić information content (AvgIpc) is 3.35. The van der Waals surface area contributed by atoms with Gasteiger partial charge in [0.15, 0.2) is 11.5 Å². The highest BCUT2D eigenvalue weighted by molar-refractivity contribution is 6.32. The second-order valence-corrected chi connectivity index (χ2v) is 8.81. The van der Waals surface area contributed by atoms with Crippen molar-refractivity contribution in [1.82, 2.24) is 20.4 Å². The number of aliphatic hydroxyl groups is 2.